The van der Waals surface area contributed by atoms with E-state index < -0.39 is 5.91 Å². The van der Waals surface area contributed by atoms with Crippen molar-refractivity contribution in [2.75, 3.05) is 5.32 Å². The normalized spacial score (nSPS) is 10.4. The highest BCUT2D eigenvalue weighted by molar-refractivity contribution is 7.15. The molecule has 0 aliphatic heterocycles. The van der Waals surface area contributed by atoms with E-state index in [1.54, 1.807) is 5.48 Å². The molecule has 0 radical (unpaired) electrons. The van der Waals surface area contributed by atoms with Crippen LogP contribution in [0, 0.1) is 0 Å². The SMILES string of the molecule is O=C(CCCCC(=O)Nc1nnc(CCc2ccccc2)s1)NO. The summed E-state index contributed by atoms with van der Waals surface area (Å²) in [6.45, 7) is 0. The average molecular weight is 348 g/mol. The number of carbonyl (C=O) groups is 2. The van der Waals surface area contributed by atoms with Gasteiger partial charge in [-0.15, -0.1) is 10.2 Å². The number of rotatable bonds is 9. The molecule has 0 aliphatic carbocycles. The van der Waals surface area contributed by atoms with Crippen LogP contribution in [0.2, 0.25) is 0 Å². The molecule has 7 nitrogen and oxygen atoms in total. The van der Waals surface area contributed by atoms with Crippen LogP contribution in [0.25, 0.3) is 0 Å². The van der Waals surface area contributed by atoms with Crippen molar-refractivity contribution in [1.29, 1.82) is 0 Å². The third kappa shape index (κ3) is 6.43. The van der Waals surface area contributed by atoms with Gasteiger partial charge in [-0.3, -0.25) is 14.8 Å². The maximum atomic E-state index is 11.8. The molecule has 0 spiro atoms. The Balaban J connectivity index is 1.69. The fraction of sp³-hybridized carbons (Fsp3) is 0.375. The van der Waals surface area contributed by atoms with E-state index in [1.165, 1.54) is 16.9 Å². The van der Waals surface area contributed by atoms with Crippen molar-refractivity contribution in [1.82, 2.24) is 15.7 Å². The van der Waals surface area contributed by atoms with E-state index in [0.717, 1.165) is 17.8 Å². The number of benzene rings is 1. The molecule has 1 aromatic heterocycles. The number of hydrogen-bond acceptors (Lipinski definition) is 6. The van der Waals surface area contributed by atoms with Gasteiger partial charge >= 0.3 is 0 Å². The number of nitrogens with zero attached hydrogens (tertiary/aromatic N) is 2. The largest absolute Gasteiger partial charge is 0.301 e. The highest BCUT2D eigenvalue weighted by Crippen LogP contribution is 2.17. The van der Waals surface area contributed by atoms with Crippen LogP contribution in [0.3, 0.4) is 0 Å². The minimum Gasteiger partial charge on any atom is -0.301 e. The summed E-state index contributed by atoms with van der Waals surface area (Å²) in [5.74, 6) is -0.590. The molecule has 128 valence electrons. The second-order valence-electron chi connectivity index (χ2n) is 5.28. The lowest BCUT2D eigenvalue weighted by molar-refractivity contribution is -0.129. The molecule has 3 N–H and O–H groups in total. The number of unbranched alkanes of at least 4 members (excludes halogenated alkanes) is 1. The van der Waals surface area contributed by atoms with Gasteiger partial charge in [0.2, 0.25) is 16.9 Å². The number of carbonyl (C=O) groups excluding carboxylic acids is 2. The van der Waals surface area contributed by atoms with E-state index >= 15 is 0 Å². The molecule has 1 heterocycles. The van der Waals surface area contributed by atoms with E-state index in [9.17, 15) is 9.59 Å². The van der Waals surface area contributed by atoms with Crippen LogP contribution in [0.5, 0.6) is 0 Å². The number of nitrogens with one attached hydrogen (secondary N) is 2. The van der Waals surface area contributed by atoms with Crippen molar-refractivity contribution in [2.45, 2.75) is 38.5 Å². The third-order valence-electron chi connectivity index (χ3n) is 3.37. The number of aromatic nitrogens is 2. The van der Waals surface area contributed by atoms with E-state index in [0.29, 0.717) is 24.4 Å². The topological polar surface area (TPSA) is 104 Å². The van der Waals surface area contributed by atoms with Gasteiger partial charge in [0.25, 0.3) is 0 Å². The lowest BCUT2D eigenvalue weighted by atomic mass is 10.1. The number of aryl methyl sites for hydroxylation is 2. The number of anilines is 1. The molecule has 2 aromatic rings. The summed E-state index contributed by atoms with van der Waals surface area (Å²) in [5, 5.41) is 20.5. The zero-order valence-corrected chi connectivity index (χ0v) is 14.0. The van der Waals surface area contributed by atoms with Crippen molar-refractivity contribution in [3.05, 3.63) is 40.9 Å². The van der Waals surface area contributed by atoms with E-state index in [2.05, 4.69) is 27.6 Å². The van der Waals surface area contributed by atoms with Crippen LogP contribution in [0.15, 0.2) is 30.3 Å². The van der Waals surface area contributed by atoms with Crippen LogP contribution < -0.4 is 10.8 Å². The van der Waals surface area contributed by atoms with Gasteiger partial charge in [0.1, 0.15) is 5.01 Å². The molecule has 24 heavy (non-hydrogen) atoms. The summed E-state index contributed by atoms with van der Waals surface area (Å²) in [6.07, 6.45) is 3.28. The molecule has 0 saturated heterocycles. The predicted octanol–water partition coefficient (Wildman–Crippen LogP) is 2.33. The minimum absolute atomic E-state index is 0.148. The highest BCUT2D eigenvalue weighted by atomic mass is 32.1. The standard InChI is InChI=1S/C16H20N4O3S/c21-13(8-4-5-9-14(22)20-23)17-16-19-18-15(24-16)11-10-12-6-2-1-3-7-12/h1-3,6-7,23H,4-5,8-11H2,(H,20,22)(H,17,19,21). The average Bonchev–Trinajstić information content (AvgIpc) is 3.05. The summed E-state index contributed by atoms with van der Waals surface area (Å²) in [6, 6.07) is 10.1. The number of hydrogen-bond donors (Lipinski definition) is 3. The summed E-state index contributed by atoms with van der Waals surface area (Å²) in [4.78, 5) is 22.6. The molecule has 8 heteroatoms. The highest BCUT2D eigenvalue weighted by Gasteiger charge is 2.09. The Morgan fingerprint density at radius 2 is 1.71 bits per heavy atom. The first kappa shape index (κ1) is 18.0. The Bertz CT molecular complexity index is 660. The van der Waals surface area contributed by atoms with Gasteiger partial charge in [-0.2, -0.15) is 0 Å². The Kier molecular flexibility index (Phi) is 7.31. The van der Waals surface area contributed by atoms with Crippen molar-refractivity contribution >= 4 is 28.3 Å². The number of hydroxylamine groups is 1. The Labute approximate surface area is 144 Å². The van der Waals surface area contributed by atoms with Gasteiger partial charge in [-0.25, -0.2) is 5.48 Å². The van der Waals surface area contributed by atoms with Crippen LogP contribution in [-0.2, 0) is 22.4 Å². The maximum absolute atomic E-state index is 11.8. The third-order valence-corrected chi connectivity index (χ3v) is 4.26. The Morgan fingerprint density at radius 3 is 2.42 bits per heavy atom. The van der Waals surface area contributed by atoms with Crippen molar-refractivity contribution in [3.8, 4) is 0 Å². The second-order valence-corrected chi connectivity index (χ2v) is 6.34. The summed E-state index contributed by atoms with van der Waals surface area (Å²) in [5.41, 5.74) is 2.80. The van der Waals surface area contributed by atoms with E-state index in [1.807, 2.05) is 18.2 Å². The lowest BCUT2D eigenvalue weighted by Gasteiger charge is -2.01. The molecular weight excluding hydrogens is 328 g/mol. The molecule has 0 fully saturated rings. The van der Waals surface area contributed by atoms with Gasteiger partial charge in [0.05, 0.1) is 0 Å². The van der Waals surface area contributed by atoms with Crippen molar-refractivity contribution in [2.24, 2.45) is 0 Å². The van der Waals surface area contributed by atoms with Crippen LogP contribution in [0.1, 0.15) is 36.3 Å². The first-order valence-corrected chi connectivity index (χ1v) is 8.58. The molecule has 0 saturated carbocycles. The van der Waals surface area contributed by atoms with Gasteiger partial charge in [0.15, 0.2) is 0 Å². The molecular formula is C16H20N4O3S. The van der Waals surface area contributed by atoms with Crippen molar-refractivity contribution < 1.29 is 14.8 Å². The molecule has 0 aliphatic rings. The minimum atomic E-state index is -0.442. The summed E-state index contributed by atoms with van der Waals surface area (Å²) >= 11 is 1.38. The molecule has 1 aromatic carbocycles. The summed E-state index contributed by atoms with van der Waals surface area (Å²) in [7, 11) is 0. The van der Waals surface area contributed by atoms with Gasteiger partial charge in [-0.1, -0.05) is 41.7 Å². The van der Waals surface area contributed by atoms with Gasteiger partial charge < -0.3 is 5.32 Å². The van der Waals surface area contributed by atoms with Gasteiger partial charge in [-0.05, 0) is 24.8 Å². The molecule has 2 amide bonds. The quantitative estimate of drug-likeness (QED) is 0.366. The fourth-order valence-electron chi connectivity index (χ4n) is 2.11. The maximum Gasteiger partial charge on any atom is 0.243 e. The van der Waals surface area contributed by atoms with Crippen LogP contribution in [0.4, 0.5) is 5.13 Å². The smallest absolute Gasteiger partial charge is 0.243 e. The first-order valence-electron chi connectivity index (χ1n) is 7.76. The van der Waals surface area contributed by atoms with Gasteiger partial charge in [0, 0.05) is 19.3 Å². The van der Waals surface area contributed by atoms with E-state index in [4.69, 9.17) is 5.21 Å². The first-order chi connectivity index (χ1) is 11.7. The van der Waals surface area contributed by atoms with Crippen LogP contribution in [-0.4, -0.2) is 27.2 Å². The predicted molar refractivity (Wildman–Crippen MR) is 90.8 cm³/mol. The molecule has 0 unspecified atom stereocenters. The lowest BCUT2D eigenvalue weighted by Crippen LogP contribution is -2.18. The van der Waals surface area contributed by atoms with E-state index in [-0.39, 0.29) is 12.3 Å². The zero-order valence-electron chi connectivity index (χ0n) is 13.2. The zero-order chi connectivity index (χ0) is 17.2. The Morgan fingerprint density at radius 1 is 1.00 bits per heavy atom. The molecule has 2 rings (SSSR count). The summed E-state index contributed by atoms with van der Waals surface area (Å²) < 4.78 is 0. The Hall–Kier alpha value is -2.32. The van der Waals surface area contributed by atoms with Crippen LogP contribution >= 0.6 is 11.3 Å². The molecule has 0 atom stereocenters. The number of amides is 2. The molecule has 0 bridgehead atoms. The second kappa shape index (κ2) is 9.74. The van der Waals surface area contributed by atoms with Crippen molar-refractivity contribution in [3.63, 3.8) is 0 Å². The fourth-order valence-corrected chi connectivity index (χ4v) is 2.87. The monoisotopic (exact) mass is 348 g/mol.